The van der Waals surface area contributed by atoms with Crippen molar-refractivity contribution in [2.45, 2.75) is 24.9 Å². The van der Waals surface area contributed by atoms with E-state index in [-0.39, 0.29) is 5.82 Å². The smallest absolute Gasteiger partial charge is 0.123 e. The van der Waals surface area contributed by atoms with Crippen molar-refractivity contribution in [2.24, 2.45) is 0 Å². The summed E-state index contributed by atoms with van der Waals surface area (Å²) in [6.07, 6.45) is 1.84. The Morgan fingerprint density at radius 3 is 2.84 bits per heavy atom. The SMILES string of the molecule is OC1(Cc2cccc(Cl)c2)CCc2cc(F)ccc21. The second kappa shape index (κ2) is 4.62. The molecule has 3 rings (SSSR count). The highest BCUT2D eigenvalue weighted by atomic mass is 35.5. The summed E-state index contributed by atoms with van der Waals surface area (Å²) in [5, 5.41) is 11.5. The number of rotatable bonds is 2. The molecule has 0 aliphatic heterocycles. The zero-order valence-electron chi connectivity index (χ0n) is 10.4. The first-order chi connectivity index (χ1) is 9.07. The highest BCUT2D eigenvalue weighted by Crippen LogP contribution is 2.39. The molecule has 0 saturated heterocycles. The normalized spacial score (nSPS) is 21.4. The van der Waals surface area contributed by atoms with Crippen LogP contribution in [0.3, 0.4) is 0 Å². The fourth-order valence-electron chi connectivity index (χ4n) is 2.87. The van der Waals surface area contributed by atoms with Crippen molar-refractivity contribution in [3.8, 4) is 0 Å². The molecule has 0 radical (unpaired) electrons. The van der Waals surface area contributed by atoms with Crippen LogP contribution in [0.15, 0.2) is 42.5 Å². The van der Waals surface area contributed by atoms with E-state index in [0.29, 0.717) is 24.3 Å². The fraction of sp³-hybridized carbons (Fsp3) is 0.250. The summed E-state index contributed by atoms with van der Waals surface area (Å²) in [6.45, 7) is 0. The van der Waals surface area contributed by atoms with Crippen molar-refractivity contribution in [1.82, 2.24) is 0 Å². The third kappa shape index (κ3) is 2.38. The molecule has 1 nitrogen and oxygen atoms in total. The molecule has 0 bridgehead atoms. The third-order valence-corrected chi connectivity index (χ3v) is 4.00. The van der Waals surface area contributed by atoms with Crippen LogP contribution >= 0.6 is 11.6 Å². The minimum atomic E-state index is -0.909. The molecule has 1 atom stereocenters. The molecule has 1 aliphatic carbocycles. The first-order valence-corrected chi connectivity index (χ1v) is 6.70. The van der Waals surface area contributed by atoms with Crippen LogP contribution < -0.4 is 0 Å². The Labute approximate surface area is 116 Å². The molecule has 1 unspecified atom stereocenters. The average Bonchev–Trinajstić information content (AvgIpc) is 2.66. The maximum Gasteiger partial charge on any atom is 0.123 e. The van der Waals surface area contributed by atoms with Gasteiger partial charge in [0.05, 0.1) is 5.60 Å². The van der Waals surface area contributed by atoms with Crippen molar-refractivity contribution < 1.29 is 9.50 Å². The standard InChI is InChI=1S/C16H14ClFO/c17-13-3-1-2-11(8-13)10-16(19)7-6-12-9-14(18)4-5-15(12)16/h1-5,8-9,19H,6-7,10H2. The van der Waals surface area contributed by atoms with Gasteiger partial charge in [-0.05, 0) is 53.8 Å². The maximum absolute atomic E-state index is 13.2. The molecule has 0 amide bonds. The Morgan fingerprint density at radius 1 is 1.21 bits per heavy atom. The Morgan fingerprint density at radius 2 is 2.05 bits per heavy atom. The highest BCUT2D eigenvalue weighted by molar-refractivity contribution is 6.30. The van der Waals surface area contributed by atoms with E-state index >= 15 is 0 Å². The minimum Gasteiger partial charge on any atom is -0.385 e. The lowest BCUT2D eigenvalue weighted by molar-refractivity contribution is 0.0389. The second-order valence-electron chi connectivity index (χ2n) is 5.14. The van der Waals surface area contributed by atoms with Crippen molar-refractivity contribution in [1.29, 1.82) is 0 Å². The molecular weight excluding hydrogens is 263 g/mol. The van der Waals surface area contributed by atoms with E-state index in [4.69, 9.17) is 11.6 Å². The molecule has 2 aromatic rings. The molecule has 19 heavy (non-hydrogen) atoms. The predicted molar refractivity (Wildman–Crippen MR) is 73.8 cm³/mol. The van der Waals surface area contributed by atoms with E-state index in [1.165, 1.54) is 12.1 Å². The lowest BCUT2D eigenvalue weighted by Crippen LogP contribution is -2.25. The molecule has 98 valence electrons. The van der Waals surface area contributed by atoms with E-state index in [2.05, 4.69) is 0 Å². The lowest BCUT2D eigenvalue weighted by atomic mass is 9.89. The van der Waals surface area contributed by atoms with Gasteiger partial charge in [-0.2, -0.15) is 0 Å². The summed E-state index contributed by atoms with van der Waals surface area (Å²) in [5.41, 5.74) is 1.83. The van der Waals surface area contributed by atoms with Gasteiger partial charge in [-0.1, -0.05) is 29.8 Å². The summed E-state index contributed by atoms with van der Waals surface area (Å²) in [6, 6.07) is 12.1. The first kappa shape index (κ1) is 12.6. The van der Waals surface area contributed by atoms with E-state index in [1.807, 2.05) is 24.3 Å². The zero-order valence-corrected chi connectivity index (χ0v) is 11.1. The minimum absolute atomic E-state index is 0.245. The number of benzene rings is 2. The largest absolute Gasteiger partial charge is 0.385 e. The van der Waals surface area contributed by atoms with Crippen LogP contribution in [0.4, 0.5) is 4.39 Å². The third-order valence-electron chi connectivity index (χ3n) is 3.76. The number of fused-ring (bicyclic) bond motifs is 1. The van der Waals surface area contributed by atoms with Crippen molar-refractivity contribution in [3.05, 3.63) is 70.0 Å². The highest BCUT2D eigenvalue weighted by Gasteiger charge is 2.36. The summed E-state index contributed by atoms with van der Waals surface area (Å²) in [5.74, 6) is -0.245. The van der Waals surface area contributed by atoms with Gasteiger partial charge in [-0.25, -0.2) is 4.39 Å². The molecule has 2 aromatic carbocycles. The van der Waals surface area contributed by atoms with E-state index in [9.17, 15) is 9.50 Å². The first-order valence-electron chi connectivity index (χ1n) is 6.33. The maximum atomic E-state index is 13.2. The van der Waals surface area contributed by atoms with Crippen molar-refractivity contribution in [2.75, 3.05) is 0 Å². The van der Waals surface area contributed by atoms with Gasteiger partial charge in [-0.3, -0.25) is 0 Å². The van der Waals surface area contributed by atoms with Crippen molar-refractivity contribution in [3.63, 3.8) is 0 Å². The van der Waals surface area contributed by atoms with Crippen LogP contribution in [-0.2, 0) is 18.4 Å². The predicted octanol–water partition coefficient (Wildman–Crippen LogP) is 3.86. The molecular formula is C16H14ClFO. The summed E-state index contributed by atoms with van der Waals surface area (Å²) in [7, 11) is 0. The second-order valence-corrected chi connectivity index (χ2v) is 5.58. The lowest BCUT2D eigenvalue weighted by Gasteiger charge is -2.24. The fourth-order valence-corrected chi connectivity index (χ4v) is 3.08. The molecule has 0 heterocycles. The van der Waals surface area contributed by atoms with Gasteiger partial charge in [0, 0.05) is 11.4 Å². The number of hydrogen-bond acceptors (Lipinski definition) is 1. The average molecular weight is 277 g/mol. The quantitative estimate of drug-likeness (QED) is 0.883. The molecule has 3 heteroatoms. The van der Waals surface area contributed by atoms with Crippen LogP contribution in [0.5, 0.6) is 0 Å². The number of aliphatic hydroxyl groups is 1. The molecule has 1 aliphatic rings. The van der Waals surface area contributed by atoms with Gasteiger partial charge in [0.2, 0.25) is 0 Å². The Hall–Kier alpha value is -1.38. The topological polar surface area (TPSA) is 20.2 Å². The Kier molecular flexibility index (Phi) is 3.08. The summed E-state index contributed by atoms with van der Waals surface area (Å²) >= 11 is 5.97. The molecule has 0 spiro atoms. The van der Waals surface area contributed by atoms with Crippen LogP contribution in [0.1, 0.15) is 23.1 Å². The monoisotopic (exact) mass is 276 g/mol. The summed E-state index contributed by atoms with van der Waals surface area (Å²) < 4.78 is 13.2. The van der Waals surface area contributed by atoms with Crippen LogP contribution in [0, 0.1) is 5.82 Å². The zero-order chi connectivity index (χ0) is 13.5. The van der Waals surface area contributed by atoms with Gasteiger partial charge >= 0.3 is 0 Å². The van der Waals surface area contributed by atoms with Gasteiger partial charge in [0.1, 0.15) is 5.82 Å². The summed E-state index contributed by atoms with van der Waals surface area (Å²) in [4.78, 5) is 0. The van der Waals surface area contributed by atoms with Crippen LogP contribution in [-0.4, -0.2) is 5.11 Å². The number of hydrogen-bond donors (Lipinski definition) is 1. The molecule has 1 N–H and O–H groups in total. The van der Waals surface area contributed by atoms with Gasteiger partial charge in [-0.15, -0.1) is 0 Å². The number of halogens is 2. The van der Waals surface area contributed by atoms with Gasteiger partial charge in [0.15, 0.2) is 0 Å². The van der Waals surface area contributed by atoms with Gasteiger partial charge < -0.3 is 5.11 Å². The molecule has 0 saturated carbocycles. The molecule has 0 aromatic heterocycles. The van der Waals surface area contributed by atoms with Gasteiger partial charge in [0.25, 0.3) is 0 Å². The van der Waals surface area contributed by atoms with E-state index in [0.717, 1.165) is 16.7 Å². The molecule has 0 fully saturated rings. The van der Waals surface area contributed by atoms with Crippen molar-refractivity contribution >= 4 is 11.6 Å². The Balaban J connectivity index is 1.94. The Bertz CT molecular complexity index is 626. The van der Waals surface area contributed by atoms with E-state index < -0.39 is 5.60 Å². The van der Waals surface area contributed by atoms with Crippen LogP contribution in [0.25, 0.3) is 0 Å². The van der Waals surface area contributed by atoms with Crippen LogP contribution in [0.2, 0.25) is 5.02 Å². The number of aryl methyl sites for hydroxylation is 1. The van der Waals surface area contributed by atoms with E-state index in [1.54, 1.807) is 6.07 Å².